The van der Waals surface area contributed by atoms with Crippen molar-refractivity contribution in [3.05, 3.63) is 70.8 Å². The molecule has 7 nitrogen and oxygen atoms in total. The van der Waals surface area contributed by atoms with Crippen LogP contribution >= 0.6 is 39.1 Å². The van der Waals surface area contributed by atoms with Crippen molar-refractivity contribution >= 4 is 73.0 Å². The highest BCUT2D eigenvalue weighted by molar-refractivity contribution is 9.10. The molecule has 10 heteroatoms. The van der Waals surface area contributed by atoms with Crippen LogP contribution in [-0.2, 0) is 0 Å². The van der Waals surface area contributed by atoms with E-state index in [0.29, 0.717) is 15.2 Å². The summed E-state index contributed by atoms with van der Waals surface area (Å²) in [6, 6.07) is 7.41. The van der Waals surface area contributed by atoms with Gasteiger partial charge in [0, 0.05) is 22.0 Å². The highest BCUT2D eigenvalue weighted by atomic mass is 79.9. The zero-order valence-corrected chi connectivity index (χ0v) is 19.0. The Labute approximate surface area is 189 Å². The first-order valence-corrected chi connectivity index (χ1v) is 10.4. The summed E-state index contributed by atoms with van der Waals surface area (Å²) in [5.74, 6) is -0.351. The van der Waals surface area contributed by atoms with Crippen molar-refractivity contribution < 1.29 is 9.72 Å². The molecule has 0 spiro atoms. The molecule has 3 aromatic rings. The summed E-state index contributed by atoms with van der Waals surface area (Å²) in [7, 11) is 0. The number of carbonyl (C=O) groups is 1. The Morgan fingerprint density at radius 1 is 1.27 bits per heavy atom. The first-order chi connectivity index (χ1) is 14.1. The van der Waals surface area contributed by atoms with Crippen molar-refractivity contribution in [3.63, 3.8) is 0 Å². The normalized spacial score (nSPS) is 11.1. The Bertz CT molecular complexity index is 1240. The fraction of sp³-hybridized carbons (Fsp3) is 0.200. The Morgan fingerprint density at radius 2 is 1.97 bits per heavy atom. The minimum absolute atomic E-state index is 0.0166. The smallest absolute Gasteiger partial charge is 0.282 e. The molecule has 0 unspecified atom stereocenters. The first-order valence-electron chi connectivity index (χ1n) is 8.88. The maximum atomic E-state index is 13.3. The molecule has 2 N–H and O–H groups in total. The van der Waals surface area contributed by atoms with E-state index < -0.39 is 16.1 Å². The number of carbonyl (C=O) groups excluding carboxylic acids is 1. The third kappa shape index (κ3) is 4.35. The number of non-ortho nitro benzene ring substituents is 1. The van der Waals surface area contributed by atoms with Gasteiger partial charge in [-0.15, -0.1) is 0 Å². The van der Waals surface area contributed by atoms with E-state index in [1.54, 1.807) is 12.1 Å². The van der Waals surface area contributed by atoms with Crippen molar-refractivity contribution in [2.75, 3.05) is 5.32 Å². The SMILES string of the molecule is CC(C)CC(=O)c1c(Nc2ccc(Cl)cc2Cl)[nH]c2c(Br)ccc([N+](=O)[O-])c2c1=O. The van der Waals surface area contributed by atoms with Gasteiger partial charge in [-0.3, -0.25) is 19.7 Å². The molecule has 1 aromatic heterocycles. The van der Waals surface area contributed by atoms with Crippen LogP contribution < -0.4 is 10.7 Å². The van der Waals surface area contributed by atoms with Crippen LogP contribution in [-0.4, -0.2) is 15.7 Å². The van der Waals surface area contributed by atoms with Gasteiger partial charge in [-0.2, -0.15) is 0 Å². The van der Waals surface area contributed by atoms with Crippen LogP contribution in [0.5, 0.6) is 0 Å². The molecule has 0 aliphatic heterocycles. The average molecular weight is 513 g/mol. The Kier molecular flexibility index (Phi) is 6.50. The lowest BCUT2D eigenvalue weighted by molar-refractivity contribution is -0.383. The van der Waals surface area contributed by atoms with Crippen LogP contribution in [0.3, 0.4) is 0 Å². The largest absolute Gasteiger partial charge is 0.340 e. The van der Waals surface area contributed by atoms with Crippen molar-refractivity contribution in [1.82, 2.24) is 4.98 Å². The van der Waals surface area contributed by atoms with E-state index in [1.165, 1.54) is 18.2 Å². The zero-order chi connectivity index (χ0) is 22.2. The number of hydrogen-bond acceptors (Lipinski definition) is 5. The number of H-pyrrole nitrogens is 1. The van der Waals surface area contributed by atoms with Gasteiger partial charge in [0.1, 0.15) is 16.8 Å². The van der Waals surface area contributed by atoms with Crippen molar-refractivity contribution in [2.45, 2.75) is 20.3 Å². The number of nitrogens with one attached hydrogen (secondary N) is 2. The second-order valence-electron chi connectivity index (χ2n) is 7.05. The number of nitro benzene ring substituents is 1. The fourth-order valence-corrected chi connectivity index (χ4v) is 3.94. The molecule has 1 heterocycles. The number of fused-ring (bicyclic) bond motifs is 1. The molecule has 0 atom stereocenters. The molecule has 0 radical (unpaired) electrons. The predicted molar refractivity (Wildman–Crippen MR) is 122 cm³/mol. The molecule has 0 aliphatic rings. The molecular weight excluding hydrogens is 497 g/mol. The number of aromatic nitrogens is 1. The quantitative estimate of drug-likeness (QED) is 0.223. The van der Waals surface area contributed by atoms with Gasteiger partial charge in [-0.05, 0) is 46.1 Å². The molecule has 0 amide bonds. The number of ketones is 1. The van der Waals surface area contributed by atoms with Crippen LogP contribution in [0.4, 0.5) is 17.2 Å². The van der Waals surface area contributed by atoms with Crippen molar-refractivity contribution in [3.8, 4) is 0 Å². The minimum atomic E-state index is -0.727. The maximum absolute atomic E-state index is 13.3. The molecular formula is C20H16BrCl2N3O4. The van der Waals surface area contributed by atoms with Gasteiger partial charge in [0.2, 0.25) is 5.43 Å². The molecule has 30 heavy (non-hydrogen) atoms. The lowest BCUT2D eigenvalue weighted by Crippen LogP contribution is -2.21. The van der Waals surface area contributed by atoms with Gasteiger partial charge in [0.15, 0.2) is 5.78 Å². The van der Waals surface area contributed by atoms with Gasteiger partial charge in [-0.1, -0.05) is 37.0 Å². The van der Waals surface area contributed by atoms with Crippen molar-refractivity contribution in [1.29, 1.82) is 0 Å². The Hall–Kier alpha value is -2.42. The number of anilines is 2. The second kappa shape index (κ2) is 8.75. The monoisotopic (exact) mass is 511 g/mol. The van der Waals surface area contributed by atoms with E-state index in [-0.39, 0.29) is 45.3 Å². The summed E-state index contributed by atoms with van der Waals surface area (Å²) in [5.41, 5.74) is -0.693. The third-order valence-corrected chi connectivity index (χ3v) is 5.56. The zero-order valence-electron chi connectivity index (χ0n) is 15.9. The molecule has 3 rings (SSSR count). The second-order valence-corrected chi connectivity index (χ2v) is 8.75. The van der Waals surface area contributed by atoms with Crippen molar-refractivity contribution in [2.24, 2.45) is 5.92 Å². The van der Waals surface area contributed by atoms with Gasteiger partial charge in [0.05, 0.1) is 21.2 Å². The highest BCUT2D eigenvalue weighted by Gasteiger charge is 2.26. The maximum Gasteiger partial charge on any atom is 0.282 e. The molecule has 156 valence electrons. The van der Waals surface area contributed by atoms with E-state index in [4.69, 9.17) is 23.2 Å². The Morgan fingerprint density at radius 3 is 2.57 bits per heavy atom. The fourth-order valence-electron chi connectivity index (χ4n) is 3.05. The number of rotatable bonds is 6. The molecule has 0 aliphatic carbocycles. The Balaban J connectivity index is 2.34. The van der Waals surface area contributed by atoms with Gasteiger partial charge < -0.3 is 10.3 Å². The van der Waals surface area contributed by atoms with Crippen LogP contribution in [0.1, 0.15) is 30.6 Å². The van der Waals surface area contributed by atoms with Gasteiger partial charge >= 0.3 is 0 Å². The number of benzene rings is 2. The lowest BCUT2D eigenvalue weighted by Gasteiger charge is -2.15. The molecule has 0 bridgehead atoms. The van der Waals surface area contributed by atoms with E-state index in [9.17, 15) is 19.7 Å². The number of nitro groups is 1. The highest BCUT2D eigenvalue weighted by Crippen LogP contribution is 2.33. The number of pyridine rings is 1. The standard InChI is InChI=1S/C20H16BrCl2N3O4/c1-9(2)7-15(27)17-19(28)16-14(26(29)30)6-4-11(21)18(16)25-20(17)24-13-5-3-10(22)8-12(13)23/h3-6,8-9H,7H2,1-2H3,(H2,24,25,28). The molecule has 2 aromatic carbocycles. The molecule has 0 saturated heterocycles. The van der Waals surface area contributed by atoms with Crippen LogP contribution in [0.2, 0.25) is 10.0 Å². The van der Waals surface area contributed by atoms with E-state index >= 15 is 0 Å². The number of Topliss-reactive ketones (excluding diaryl/α,β-unsaturated/α-hetero) is 1. The van der Waals surface area contributed by atoms with E-state index in [1.807, 2.05) is 13.8 Å². The average Bonchev–Trinajstić information content (AvgIpc) is 2.64. The molecule has 0 saturated carbocycles. The van der Waals surface area contributed by atoms with Crippen LogP contribution in [0.15, 0.2) is 39.6 Å². The number of hydrogen-bond donors (Lipinski definition) is 2. The summed E-state index contributed by atoms with van der Waals surface area (Å²) < 4.78 is 0.438. The molecule has 0 fully saturated rings. The van der Waals surface area contributed by atoms with Crippen LogP contribution in [0, 0.1) is 16.0 Å². The summed E-state index contributed by atoms with van der Waals surface area (Å²) in [6.45, 7) is 3.69. The van der Waals surface area contributed by atoms with Crippen LogP contribution in [0.25, 0.3) is 10.9 Å². The number of aromatic amines is 1. The first kappa shape index (κ1) is 22.3. The minimum Gasteiger partial charge on any atom is -0.340 e. The summed E-state index contributed by atoms with van der Waals surface area (Å²) in [5, 5.41) is 15.0. The summed E-state index contributed by atoms with van der Waals surface area (Å²) >= 11 is 15.5. The summed E-state index contributed by atoms with van der Waals surface area (Å²) in [6.07, 6.45) is 0.0966. The number of halogens is 3. The van der Waals surface area contributed by atoms with E-state index in [2.05, 4.69) is 26.2 Å². The third-order valence-electron chi connectivity index (χ3n) is 4.35. The van der Waals surface area contributed by atoms with Gasteiger partial charge in [0.25, 0.3) is 5.69 Å². The topological polar surface area (TPSA) is 105 Å². The number of nitrogens with zero attached hydrogens (tertiary/aromatic N) is 1. The summed E-state index contributed by atoms with van der Waals surface area (Å²) in [4.78, 5) is 40.1. The predicted octanol–water partition coefficient (Wildman–Crippen LogP) is 6.48. The van der Waals surface area contributed by atoms with Gasteiger partial charge in [-0.25, -0.2) is 0 Å². The lowest BCUT2D eigenvalue weighted by atomic mass is 9.99. The van der Waals surface area contributed by atoms with E-state index in [0.717, 1.165) is 0 Å².